The molecule has 4 nitrogen and oxygen atoms in total. The number of rotatable bonds is 5. The maximum atomic E-state index is 12.7. The number of hydrogen-bond donors (Lipinski definition) is 2. The van der Waals surface area contributed by atoms with Crippen molar-refractivity contribution in [3.63, 3.8) is 0 Å². The standard InChI is InChI=1S/C15H13F6NO3/c16-14(17,18)6-11(13(24)25)22-12(23)10-5-9(10)7-2-1-3-8(4-7)15(19,20)21/h1-4,9-11H,5-6H2,(H,22,23)(H,24,25). The molecule has 1 fully saturated rings. The van der Waals surface area contributed by atoms with Gasteiger partial charge in [0.1, 0.15) is 6.04 Å². The number of alkyl halides is 6. The van der Waals surface area contributed by atoms with Crippen LogP contribution in [-0.4, -0.2) is 29.2 Å². The van der Waals surface area contributed by atoms with Crippen LogP contribution in [0.1, 0.15) is 29.9 Å². The summed E-state index contributed by atoms with van der Waals surface area (Å²) in [6, 6.07) is 2.18. The maximum absolute atomic E-state index is 12.7. The van der Waals surface area contributed by atoms with Crippen LogP contribution in [-0.2, 0) is 15.8 Å². The molecular formula is C15H13F6NO3. The average Bonchev–Trinajstić information content (AvgIpc) is 3.24. The van der Waals surface area contributed by atoms with Gasteiger partial charge in [-0.3, -0.25) is 4.79 Å². The number of halogens is 6. The van der Waals surface area contributed by atoms with E-state index in [-0.39, 0.29) is 12.0 Å². The number of nitrogens with one attached hydrogen (secondary N) is 1. The highest BCUT2D eigenvalue weighted by atomic mass is 19.4. The van der Waals surface area contributed by atoms with Gasteiger partial charge in [0, 0.05) is 5.92 Å². The lowest BCUT2D eigenvalue weighted by atomic mass is 10.0. The Labute approximate surface area is 137 Å². The molecule has 2 rings (SSSR count). The van der Waals surface area contributed by atoms with E-state index in [1.165, 1.54) is 12.1 Å². The molecule has 3 unspecified atom stereocenters. The zero-order valence-corrected chi connectivity index (χ0v) is 12.5. The van der Waals surface area contributed by atoms with Crippen molar-refractivity contribution in [2.75, 3.05) is 0 Å². The van der Waals surface area contributed by atoms with Crippen molar-refractivity contribution in [1.29, 1.82) is 0 Å². The molecule has 1 aliphatic carbocycles. The largest absolute Gasteiger partial charge is 0.480 e. The molecule has 3 atom stereocenters. The molecule has 25 heavy (non-hydrogen) atoms. The van der Waals surface area contributed by atoms with Gasteiger partial charge in [0.25, 0.3) is 0 Å². The highest BCUT2D eigenvalue weighted by molar-refractivity contribution is 5.87. The van der Waals surface area contributed by atoms with Crippen LogP contribution in [0.15, 0.2) is 24.3 Å². The van der Waals surface area contributed by atoms with E-state index in [4.69, 9.17) is 5.11 Å². The van der Waals surface area contributed by atoms with E-state index in [0.29, 0.717) is 0 Å². The Morgan fingerprint density at radius 3 is 2.36 bits per heavy atom. The second-order valence-corrected chi connectivity index (χ2v) is 5.79. The van der Waals surface area contributed by atoms with Crippen molar-refractivity contribution < 1.29 is 41.0 Å². The van der Waals surface area contributed by atoms with Crippen molar-refractivity contribution >= 4 is 11.9 Å². The molecule has 0 spiro atoms. The van der Waals surface area contributed by atoms with E-state index in [2.05, 4.69) is 0 Å². The van der Waals surface area contributed by atoms with Crippen molar-refractivity contribution in [2.24, 2.45) is 5.92 Å². The Kier molecular flexibility index (Phi) is 5.01. The number of benzene rings is 1. The predicted octanol–water partition coefficient (Wildman–Crippen LogP) is 3.33. The summed E-state index contributed by atoms with van der Waals surface area (Å²) in [4.78, 5) is 22.7. The Morgan fingerprint density at radius 2 is 1.84 bits per heavy atom. The molecule has 2 N–H and O–H groups in total. The van der Waals surface area contributed by atoms with E-state index in [9.17, 15) is 35.9 Å². The fraction of sp³-hybridized carbons (Fsp3) is 0.467. The molecule has 1 aromatic rings. The summed E-state index contributed by atoms with van der Waals surface area (Å²) in [5.74, 6) is -4.18. The molecule has 0 radical (unpaired) electrons. The summed E-state index contributed by atoms with van der Waals surface area (Å²) < 4.78 is 75.0. The third-order valence-electron chi connectivity index (χ3n) is 3.82. The van der Waals surface area contributed by atoms with Gasteiger partial charge >= 0.3 is 18.3 Å². The number of hydrogen-bond acceptors (Lipinski definition) is 2. The van der Waals surface area contributed by atoms with Crippen molar-refractivity contribution in [1.82, 2.24) is 5.32 Å². The van der Waals surface area contributed by atoms with E-state index < -0.39 is 54.1 Å². The van der Waals surface area contributed by atoms with Crippen molar-refractivity contribution in [2.45, 2.75) is 37.2 Å². The Morgan fingerprint density at radius 1 is 1.20 bits per heavy atom. The number of carboxylic acid groups (broad SMARTS) is 1. The van der Waals surface area contributed by atoms with Gasteiger partial charge in [-0.25, -0.2) is 4.79 Å². The van der Waals surface area contributed by atoms with Gasteiger partial charge in [0.2, 0.25) is 5.91 Å². The minimum Gasteiger partial charge on any atom is -0.480 e. The molecule has 0 heterocycles. The summed E-state index contributed by atoms with van der Waals surface area (Å²) in [5.41, 5.74) is -0.658. The number of amides is 1. The first-order valence-corrected chi connectivity index (χ1v) is 7.15. The third kappa shape index (κ3) is 5.10. The minimum absolute atomic E-state index is 0.144. The van der Waals surface area contributed by atoms with E-state index in [0.717, 1.165) is 12.1 Å². The summed E-state index contributed by atoms with van der Waals surface area (Å²) in [6.07, 6.45) is -10.9. The fourth-order valence-corrected chi connectivity index (χ4v) is 2.51. The van der Waals surface area contributed by atoms with Crippen LogP contribution in [0.4, 0.5) is 26.3 Å². The minimum atomic E-state index is -4.78. The first kappa shape index (κ1) is 19.1. The summed E-state index contributed by atoms with van der Waals surface area (Å²) in [5, 5.41) is 10.6. The van der Waals surface area contributed by atoms with Crippen LogP contribution in [0, 0.1) is 5.92 Å². The summed E-state index contributed by atoms with van der Waals surface area (Å²) in [7, 11) is 0. The maximum Gasteiger partial charge on any atom is 0.416 e. The molecule has 1 aliphatic rings. The average molecular weight is 369 g/mol. The summed E-state index contributed by atoms with van der Waals surface area (Å²) >= 11 is 0. The van der Waals surface area contributed by atoms with Crippen LogP contribution < -0.4 is 5.32 Å². The van der Waals surface area contributed by atoms with Crippen molar-refractivity contribution in [3.8, 4) is 0 Å². The lowest BCUT2D eigenvalue weighted by molar-refractivity contribution is -0.160. The number of aliphatic carboxylic acids is 1. The normalized spacial score (nSPS) is 21.5. The lowest BCUT2D eigenvalue weighted by Gasteiger charge is -2.16. The Hall–Kier alpha value is -2.26. The molecule has 0 aliphatic heterocycles. The van der Waals surface area contributed by atoms with E-state index in [1.807, 2.05) is 0 Å². The van der Waals surface area contributed by atoms with Gasteiger partial charge in [0.05, 0.1) is 12.0 Å². The van der Waals surface area contributed by atoms with Gasteiger partial charge in [-0.2, -0.15) is 26.3 Å². The Bertz CT molecular complexity index is 670. The van der Waals surface area contributed by atoms with Crippen LogP contribution in [0.2, 0.25) is 0 Å². The van der Waals surface area contributed by atoms with Gasteiger partial charge in [-0.15, -0.1) is 0 Å². The molecule has 1 aromatic carbocycles. The molecule has 0 bridgehead atoms. The van der Waals surface area contributed by atoms with Gasteiger partial charge in [-0.1, -0.05) is 18.2 Å². The highest BCUT2D eigenvalue weighted by Gasteiger charge is 2.46. The highest BCUT2D eigenvalue weighted by Crippen LogP contribution is 2.48. The lowest BCUT2D eigenvalue weighted by Crippen LogP contribution is -2.44. The van der Waals surface area contributed by atoms with Gasteiger partial charge in [0.15, 0.2) is 0 Å². The predicted molar refractivity (Wildman–Crippen MR) is 72.5 cm³/mol. The molecular weight excluding hydrogens is 356 g/mol. The van der Waals surface area contributed by atoms with Gasteiger partial charge < -0.3 is 10.4 Å². The number of carbonyl (C=O) groups is 2. The zero-order chi connectivity index (χ0) is 19.0. The van der Waals surface area contributed by atoms with E-state index >= 15 is 0 Å². The Balaban J connectivity index is 2.03. The first-order valence-electron chi connectivity index (χ1n) is 7.15. The first-order chi connectivity index (χ1) is 11.4. The molecule has 0 saturated heterocycles. The number of carboxylic acids is 1. The quantitative estimate of drug-likeness (QED) is 0.783. The second-order valence-electron chi connectivity index (χ2n) is 5.79. The molecule has 1 amide bonds. The molecule has 10 heteroatoms. The van der Waals surface area contributed by atoms with Gasteiger partial charge in [-0.05, 0) is 24.0 Å². The second kappa shape index (κ2) is 6.57. The van der Waals surface area contributed by atoms with E-state index in [1.54, 1.807) is 5.32 Å². The van der Waals surface area contributed by atoms with Crippen LogP contribution in [0.5, 0.6) is 0 Å². The topological polar surface area (TPSA) is 66.4 Å². The SMILES string of the molecule is O=C(O)C(CC(F)(F)F)NC(=O)C1CC1c1cccc(C(F)(F)F)c1. The van der Waals surface area contributed by atoms with Crippen LogP contribution in [0.25, 0.3) is 0 Å². The third-order valence-corrected chi connectivity index (χ3v) is 3.82. The van der Waals surface area contributed by atoms with Crippen LogP contribution in [0.3, 0.4) is 0 Å². The number of carbonyl (C=O) groups excluding carboxylic acids is 1. The molecule has 138 valence electrons. The smallest absolute Gasteiger partial charge is 0.416 e. The summed E-state index contributed by atoms with van der Waals surface area (Å²) in [6.45, 7) is 0. The fourth-order valence-electron chi connectivity index (χ4n) is 2.51. The van der Waals surface area contributed by atoms with Crippen molar-refractivity contribution in [3.05, 3.63) is 35.4 Å². The molecule has 0 aromatic heterocycles. The zero-order valence-electron chi connectivity index (χ0n) is 12.5. The molecule has 1 saturated carbocycles. The van der Waals surface area contributed by atoms with Crippen LogP contribution >= 0.6 is 0 Å². The monoisotopic (exact) mass is 369 g/mol.